The number of ether oxygens (including phenoxy) is 1. The molecular weight excluding hydrogens is 254 g/mol. The van der Waals surface area contributed by atoms with E-state index in [0.717, 1.165) is 23.2 Å². The highest BCUT2D eigenvalue weighted by Gasteiger charge is 2.19. The number of para-hydroxylation sites is 1. The number of methoxy groups -OCH3 is 1. The average molecular weight is 277 g/mol. The molecule has 1 aromatic carbocycles. The number of carbonyl (C=O) groups excluding carboxylic acids is 2. The molecule has 0 N–H and O–H groups in total. The molecule has 0 aromatic heterocycles. The molecule has 0 spiro atoms. The SMILES string of the molecule is CCCN(C(=O)CCC(=O)OC)c1c(C)cccc1C. The number of carbonyl (C=O) groups is 2. The van der Waals surface area contributed by atoms with E-state index >= 15 is 0 Å². The number of esters is 1. The third kappa shape index (κ3) is 4.08. The highest BCUT2D eigenvalue weighted by atomic mass is 16.5. The van der Waals surface area contributed by atoms with Crippen molar-refractivity contribution in [1.29, 1.82) is 0 Å². The van der Waals surface area contributed by atoms with Crippen LogP contribution in [0.4, 0.5) is 5.69 Å². The molecule has 0 unspecified atom stereocenters. The molecule has 0 heterocycles. The number of nitrogens with zero attached hydrogens (tertiary/aromatic N) is 1. The van der Waals surface area contributed by atoms with Crippen LogP contribution in [0.15, 0.2) is 18.2 Å². The van der Waals surface area contributed by atoms with Crippen LogP contribution in [0, 0.1) is 13.8 Å². The van der Waals surface area contributed by atoms with E-state index in [-0.39, 0.29) is 24.7 Å². The molecule has 4 nitrogen and oxygen atoms in total. The molecular formula is C16H23NO3. The van der Waals surface area contributed by atoms with E-state index in [0.29, 0.717) is 6.54 Å². The number of hydrogen-bond acceptors (Lipinski definition) is 3. The molecule has 0 aliphatic rings. The predicted molar refractivity (Wildman–Crippen MR) is 79.8 cm³/mol. The Morgan fingerprint density at radius 1 is 1.15 bits per heavy atom. The lowest BCUT2D eigenvalue weighted by Crippen LogP contribution is -2.33. The minimum atomic E-state index is -0.351. The number of hydrogen-bond donors (Lipinski definition) is 0. The van der Waals surface area contributed by atoms with Gasteiger partial charge in [-0.3, -0.25) is 9.59 Å². The van der Waals surface area contributed by atoms with Gasteiger partial charge in [-0.25, -0.2) is 0 Å². The first-order valence-electron chi connectivity index (χ1n) is 6.94. The minimum absolute atomic E-state index is 0.0327. The zero-order chi connectivity index (χ0) is 15.1. The molecule has 1 aromatic rings. The van der Waals surface area contributed by atoms with Crippen molar-refractivity contribution >= 4 is 17.6 Å². The first kappa shape index (κ1) is 16.2. The van der Waals surface area contributed by atoms with E-state index in [1.165, 1.54) is 7.11 Å². The molecule has 4 heteroatoms. The molecule has 0 fully saturated rings. The third-order valence-electron chi connectivity index (χ3n) is 3.23. The fourth-order valence-electron chi connectivity index (χ4n) is 2.26. The minimum Gasteiger partial charge on any atom is -0.469 e. The number of amides is 1. The Hall–Kier alpha value is -1.84. The van der Waals surface area contributed by atoms with Gasteiger partial charge in [0, 0.05) is 18.7 Å². The normalized spacial score (nSPS) is 10.2. The molecule has 0 bridgehead atoms. The second kappa shape index (κ2) is 7.68. The maximum atomic E-state index is 12.4. The standard InChI is InChI=1S/C16H23NO3/c1-5-11-17(14(18)9-10-15(19)20-4)16-12(2)7-6-8-13(16)3/h6-8H,5,9-11H2,1-4H3. The van der Waals surface area contributed by atoms with Gasteiger partial charge < -0.3 is 9.64 Å². The van der Waals surface area contributed by atoms with E-state index in [9.17, 15) is 9.59 Å². The summed E-state index contributed by atoms with van der Waals surface area (Å²) < 4.78 is 4.58. The smallest absolute Gasteiger partial charge is 0.306 e. The Morgan fingerprint density at radius 2 is 1.75 bits per heavy atom. The van der Waals surface area contributed by atoms with Crippen molar-refractivity contribution in [2.45, 2.75) is 40.0 Å². The molecule has 1 amide bonds. The van der Waals surface area contributed by atoms with Gasteiger partial charge in [0.1, 0.15) is 0 Å². The molecule has 20 heavy (non-hydrogen) atoms. The Kier molecular flexibility index (Phi) is 6.22. The van der Waals surface area contributed by atoms with Crippen LogP contribution in [0.2, 0.25) is 0 Å². The van der Waals surface area contributed by atoms with Gasteiger partial charge in [0.25, 0.3) is 0 Å². The molecule has 0 radical (unpaired) electrons. The highest BCUT2D eigenvalue weighted by molar-refractivity contribution is 5.96. The zero-order valence-corrected chi connectivity index (χ0v) is 12.7. The van der Waals surface area contributed by atoms with Crippen molar-refractivity contribution < 1.29 is 14.3 Å². The van der Waals surface area contributed by atoms with E-state index in [1.54, 1.807) is 4.90 Å². The second-order valence-electron chi connectivity index (χ2n) is 4.86. The summed E-state index contributed by atoms with van der Waals surface area (Å²) in [5, 5.41) is 0. The Balaban J connectivity index is 2.93. The van der Waals surface area contributed by atoms with Gasteiger partial charge in [-0.1, -0.05) is 25.1 Å². The van der Waals surface area contributed by atoms with E-state index < -0.39 is 0 Å². The monoisotopic (exact) mass is 277 g/mol. The molecule has 0 aliphatic carbocycles. The molecule has 0 aliphatic heterocycles. The summed E-state index contributed by atoms with van der Waals surface area (Å²) in [7, 11) is 1.34. The summed E-state index contributed by atoms with van der Waals surface area (Å²) in [6, 6.07) is 5.98. The van der Waals surface area contributed by atoms with Crippen LogP contribution in [0.1, 0.15) is 37.3 Å². The summed E-state index contributed by atoms with van der Waals surface area (Å²) in [5.41, 5.74) is 3.11. The van der Waals surface area contributed by atoms with Gasteiger partial charge in [-0.05, 0) is 31.4 Å². The zero-order valence-electron chi connectivity index (χ0n) is 12.7. The van der Waals surface area contributed by atoms with Crippen molar-refractivity contribution in [3.63, 3.8) is 0 Å². The Labute approximate surface area is 120 Å². The van der Waals surface area contributed by atoms with Crippen LogP contribution in [-0.4, -0.2) is 25.5 Å². The summed E-state index contributed by atoms with van der Waals surface area (Å²) >= 11 is 0. The topological polar surface area (TPSA) is 46.6 Å². The summed E-state index contributed by atoms with van der Waals surface area (Å²) in [4.78, 5) is 25.3. The van der Waals surface area contributed by atoms with E-state index in [4.69, 9.17) is 0 Å². The fraction of sp³-hybridized carbons (Fsp3) is 0.500. The van der Waals surface area contributed by atoms with Gasteiger partial charge in [0.05, 0.1) is 13.5 Å². The van der Waals surface area contributed by atoms with Gasteiger partial charge in [-0.15, -0.1) is 0 Å². The molecule has 0 saturated heterocycles. The van der Waals surface area contributed by atoms with Gasteiger partial charge in [0.2, 0.25) is 5.91 Å². The average Bonchev–Trinajstić information content (AvgIpc) is 2.43. The van der Waals surface area contributed by atoms with Crippen LogP contribution in [-0.2, 0) is 14.3 Å². The van der Waals surface area contributed by atoms with Crippen LogP contribution >= 0.6 is 0 Å². The molecule has 0 saturated carbocycles. The van der Waals surface area contributed by atoms with Gasteiger partial charge >= 0.3 is 5.97 Å². The first-order chi connectivity index (χ1) is 9.51. The molecule has 1 rings (SSSR count). The Morgan fingerprint density at radius 3 is 2.25 bits per heavy atom. The Bertz CT molecular complexity index is 462. The fourth-order valence-corrected chi connectivity index (χ4v) is 2.26. The number of benzene rings is 1. The van der Waals surface area contributed by atoms with Crippen molar-refractivity contribution in [2.75, 3.05) is 18.6 Å². The van der Waals surface area contributed by atoms with Crippen LogP contribution in [0.3, 0.4) is 0 Å². The van der Waals surface area contributed by atoms with Crippen molar-refractivity contribution in [2.24, 2.45) is 0 Å². The number of anilines is 1. The molecule has 0 atom stereocenters. The predicted octanol–water partition coefficient (Wildman–Crippen LogP) is 3.00. The summed E-state index contributed by atoms with van der Waals surface area (Å²) in [6.07, 6.45) is 1.18. The highest BCUT2D eigenvalue weighted by Crippen LogP contribution is 2.25. The van der Waals surface area contributed by atoms with Crippen LogP contribution < -0.4 is 4.90 Å². The largest absolute Gasteiger partial charge is 0.469 e. The molecule has 110 valence electrons. The lowest BCUT2D eigenvalue weighted by molar-refractivity contribution is -0.141. The quantitative estimate of drug-likeness (QED) is 0.751. The number of aryl methyl sites for hydroxylation is 2. The van der Waals surface area contributed by atoms with Crippen molar-refractivity contribution in [1.82, 2.24) is 0 Å². The maximum absolute atomic E-state index is 12.4. The van der Waals surface area contributed by atoms with Crippen LogP contribution in [0.25, 0.3) is 0 Å². The van der Waals surface area contributed by atoms with Gasteiger partial charge in [0.15, 0.2) is 0 Å². The second-order valence-corrected chi connectivity index (χ2v) is 4.86. The van der Waals surface area contributed by atoms with Crippen LogP contribution in [0.5, 0.6) is 0 Å². The van der Waals surface area contributed by atoms with E-state index in [2.05, 4.69) is 4.74 Å². The lowest BCUT2D eigenvalue weighted by Gasteiger charge is -2.26. The first-order valence-corrected chi connectivity index (χ1v) is 6.94. The third-order valence-corrected chi connectivity index (χ3v) is 3.23. The van der Waals surface area contributed by atoms with Gasteiger partial charge in [-0.2, -0.15) is 0 Å². The van der Waals surface area contributed by atoms with E-state index in [1.807, 2.05) is 39.0 Å². The summed E-state index contributed by atoms with van der Waals surface area (Å²) in [6.45, 7) is 6.69. The summed E-state index contributed by atoms with van der Waals surface area (Å²) in [5.74, 6) is -0.383. The van der Waals surface area contributed by atoms with Crippen molar-refractivity contribution in [3.05, 3.63) is 29.3 Å². The van der Waals surface area contributed by atoms with Crippen molar-refractivity contribution in [3.8, 4) is 0 Å². The lowest BCUT2D eigenvalue weighted by atomic mass is 10.1. The number of rotatable bonds is 6. The maximum Gasteiger partial charge on any atom is 0.306 e.